The van der Waals surface area contributed by atoms with Crippen molar-refractivity contribution in [2.45, 2.75) is 18.8 Å². The Balaban J connectivity index is 1.99. The van der Waals surface area contributed by atoms with Gasteiger partial charge in [0, 0.05) is 38.7 Å². The van der Waals surface area contributed by atoms with Gasteiger partial charge < -0.3 is 19.7 Å². The van der Waals surface area contributed by atoms with Gasteiger partial charge in [0.2, 0.25) is 0 Å². The highest BCUT2D eigenvalue weighted by Gasteiger charge is 2.26. The third-order valence-corrected chi connectivity index (χ3v) is 5.05. The molecule has 134 valence electrons. The fourth-order valence-electron chi connectivity index (χ4n) is 3.04. The van der Waals surface area contributed by atoms with Crippen LogP contribution < -0.4 is 14.8 Å². The van der Waals surface area contributed by atoms with Crippen LogP contribution in [0.4, 0.5) is 0 Å². The van der Waals surface area contributed by atoms with Gasteiger partial charge in [-0.3, -0.25) is 4.99 Å². The molecular formula is C18H29N3O2S. The van der Waals surface area contributed by atoms with Gasteiger partial charge >= 0.3 is 0 Å². The zero-order valence-corrected chi connectivity index (χ0v) is 16.0. The van der Waals surface area contributed by atoms with Crippen LogP contribution >= 0.6 is 11.8 Å². The van der Waals surface area contributed by atoms with Crippen LogP contribution in [0.1, 0.15) is 24.3 Å². The monoisotopic (exact) mass is 351 g/mol. The maximum absolute atomic E-state index is 5.40. The molecule has 6 heteroatoms. The van der Waals surface area contributed by atoms with Crippen LogP contribution in [0.15, 0.2) is 23.2 Å². The van der Waals surface area contributed by atoms with Crippen LogP contribution in [-0.4, -0.2) is 63.8 Å². The number of hydrogen-bond acceptors (Lipinski definition) is 4. The van der Waals surface area contributed by atoms with Crippen molar-refractivity contribution in [1.82, 2.24) is 10.2 Å². The van der Waals surface area contributed by atoms with E-state index in [1.165, 1.54) is 11.3 Å². The predicted octanol–water partition coefficient (Wildman–Crippen LogP) is 2.82. The summed E-state index contributed by atoms with van der Waals surface area (Å²) in [5.74, 6) is 4.35. The quantitative estimate of drug-likeness (QED) is 0.465. The standard InChI is InChI=1S/C18H29N3O2S/c1-19-18(20-7-5-9-24-4)21-8-6-14(13-21)15-10-16(22-2)12-17(11-15)23-3/h10-12,14H,5-9,13H2,1-4H3,(H,19,20). The normalized spacial score (nSPS) is 17.9. The second-order valence-electron chi connectivity index (χ2n) is 5.90. The number of thioether (sulfide) groups is 1. The van der Waals surface area contributed by atoms with Gasteiger partial charge in [-0.15, -0.1) is 0 Å². The van der Waals surface area contributed by atoms with Crippen molar-refractivity contribution >= 4 is 17.7 Å². The van der Waals surface area contributed by atoms with Gasteiger partial charge in [-0.25, -0.2) is 0 Å². The molecule has 1 unspecified atom stereocenters. The Hall–Kier alpha value is -1.56. The summed E-state index contributed by atoms with van der Waals surface area (Å²) in [5, 5.41) is 3.48. The average Bonchev–Trinajstić information content (AvgIpc) is 3.11. The number of ether oxygens (including phenoxy) is 2. The largest absolute Gasteiger partial charge is 0.497 e. The number of hydrogen-bond donors (Lipinski definition) is 1. The third-order valence-electron chi connectivity index (χ3n) is 4.35. The molecule has 1 aliphatic heterocycles. The molecule has 0 aromatic heterocycles. The number of nitrogens with one attached hydrogen (secondary N) is 1. The molecule has 0 amide bonds. The summed E-state index contributed by atoms with van der Waals surface area (Å²) < 4.78 is 10.8. The van der Waals surface area contributed by atoms with E-state index in [1.54, 1.807) is 14.2 Å². The van der Waals surface area contributed by atoms with E-state index < -0.39 is 0 Å². The van der Waals surface area contributed by atoms with E-state index in [0.29, 0.717) is 5.92 Å². The maximum atomic E-state index is 5.40. The zero-order valence-electron chi connectivity index (χ0n) is 15.2. The van der Waals surface area contributed by atoms with E-state index in [0.717, 1.165) is 49.9 Å². The van der Waals surface area contributed by atoms with Crippen LogP contribution in [0.5, 0.6) is 11.5 Å². The lowest BCUT2D eigenvalue weighted by Gasteiger charge is -2.22. The molecule has 1 aromatic rings. The minimum atomic E-state index is 0.471. The van der Waals surface area contributed by atoms with Crippen molar-refractivity contribution in [1.29, 1.82) is 0 Å². The number of aliphatic imine (C=N–C) groups is 1. The molecule has 2 rings (SSSR count). The highest BCUT2D eigenvalue weighted by molar-refractivity contribution is 7.98. The molecule has 0 spiro atoms. The Bertz CT molecular complexity index is 529. The molecule has 0 radical (unpaired) electrons. The molecule has 0 saturated carbocycles. The molecule has 5 nitrogen and oxygen atoms in total. The molecule has 1 heterocycles. The van der Waals surface area contributed by atoms with Gasteiger partial charge in [-0.1, -0.05) is 0 Å². The van der Waals surface area contributed by atoms with Crippen molar-refractivity contribution < 1.29 is 9.47 Å². The molecule has 1 saturated heterocycles. The SMILES string of the molecule is CN=C(NCCCSC)N1CCC(c2cc(OC)cc(OC)c2)C1. The second kappa shape index (κ2) is 9.67. The molecule has 0 bridgehead atoms. The van der Waals surface area contributed by atoms with Crippen LogP contribution in [0.3, 0.4) is 0 Å². The summed E-state index contributed by atoms with van der Waals surface area (Å²) in [6.07, 6.45) is 4.41. The minimum Gasteiger partial charge on any atom is -0.497 e. The highest BCUT2D eigenvalue weighted by Crippen LogP contribution is 2.32. The molecule has 1 fully saturated rings. The minimum absolute atomic E-state index is 0.471. The van der Waals surface area contributed by atoms with Gasteiger partial charge in [0.15, 0.2) is 5.96 Å². The number of methoxy groups -OCH3 is 2. The molecule has 1 aromatic carbocycles. The van der Waals surface area contributed by atoms with Crippen LogP contribution in [0.2, 0.25) is 0 Å². The number of rotatable bonds is 7. The first-order valence-electron chi connectivity index (χ1n) is 8.39. The summed E-state index contributed by atoms with van der Waals surface area (Å²) in [5.41, 5.74) is 1.27. The van der Waals surface area contributed by atoms with Crippen molar-refractivity contribution in [2.75, 3.05) is 52.9 Å². The van der Waals surface area contributed by atoms with Gasteiger partial charge in [-0.2, -0.15) is 11.8 Å². The summed E-state index contributed by atoms with van der Waals surface area (Å²) in [4.78, 5) is 6.78. The topological polar surface area (TPSA) is 46.1 Å². The van der Waals surface area contributed by atoms with E-state index >= 15 is 0 Å². The van der Waals surface area contributed by atoms with Crippen LogP contribution in [0, 0.1) is 0 Å². The Morgan fingerprint density at radius 1 is 1.29 bits per heavy atom. The van der Waals surface area contributed by atoms with Crippen molar-refractivity contribution in [3.8, 4) is 11.5 Å². The van der Waals surface area contributed by atoms with Gasteiger partial charge in [-0.05, 0) is 42.5 Å². The van der Waals surface area contributed by atoms with Crippen LogP contribution in [0.25, 0.3) is 0 Å². The van der Waals surface area contributed by atoms with Gasteiger partial charge in [0.05, 0.1) is 14.2 Å². The summed E-state index contributed by atoms with van der Waals surface area (Å²) in [6, 6.07) is 6.15. The Morgan fingerprint density at radius 3 is 2.58 bits per heavy atom. The molecular weight excluding hydrogens is 322 g/mol. The zero-order chi connectivity index (χ0) is 17.4. The summed E-state index contributed by atoms with van der Waals surface area (Å²) in [6.45, 7) is 2.96. The van der Waals surface area contributed by atoms with Crippen molar-refractivity contribution in [3.63, 3.8) is 0 Å². The molecule has 1 N–H and O–H groups in total. The van der Waals surface area contributed by atoms with Crippen molar-refractivity contribution in [3.05, 3.63) is 23.8 Å². The number of benzene rings is 1. The predicted molar refractivity (Wildman–Crippen MR) is 103 cm³/mol. The Kier molecular flexibility index (Phi) is 7.56. The van der Waals surface area contributed by atoms with Crippen molar-refractivity contribution in [2.24, 2.45) is 4.99 Å². The molecule has 1 aliphatic rings. The van der Waals surface area contributed by atoms with E-state index in [4.69, 9.17) is 9.47 Å². The molecule has 24 heavy (non-hydrogen) atoms. The average molecular weight is 352 g/mol. The van der Waals surface area contributed by atoms with Gasteiger partial charge in [0.25, 0.3) is 0 Å². The fraction of sp³-hybridized carbons (Fsp3) is 0.611. The highest BCUT2D eigenvalue weighted by atomic mass is 32.2. The Morgan fingerprint density at radius 2 is 2.00 bits per heavy atom. The third kappa shape index (κ3) is 4.97. The molecule has 0 aliphatic carbocycles. The number of nitrogens with zero attached hydrogens (tertiary/aromatic N) is 2. The molecule has 1 atom stereocenters. The van der Waals surface area contributed by atoms with Gasteiger partial charge in [0.1, 0.15) is 11.5 Å². The first-order valence-corrected chi connectivity index (χ1v) is 9.78. The Labute approximate surface area is 149 Å². The first kappa shape index (κ1) is 18.8. The fourth-order valence-corrected chi connectivity index (χ4v) is 3.47. The lowest BCUT2D eigenvalue weighted by Crippen LogP contribution is -2.40. The summed E-state index contributed by atoms with van der Waals surface area (Å²) in [7, 11) is 5.25. The number of guanidine groups is 1. The van der Waals surface area contributed by atoms with E-state index in [-0.39, 0.29) is 0 Å². The van der Waals surface area contributed by atoms with E-state index in [1.807, 2.05) is 24.9 Å². The maximum Gasteiger partial charge on any atom is 0.193 e. The lowest BCUT2D eigenvalue weighted by molar-refractivity contribution is 0.392. The lowest BCUT2D eigenvalue weighted by atomic mass is 9.98. The van der Waals surface area contributed by atoms with E-state index in [2.05, 4.69) is 33.6 Å². The smallest absolute Gasteiger partial charge is 0.193 e. The number of likely N-dealkylation sites (tertiary alicyclic amines) is 1. The van der Waals surface area contributed by atoms with Crippen LogP contribution in [-0.2, 0) is 0 Å². The first-order chi connectivity index (χ1) is 11.7. The second-order valence-corrected chi connectivity index (χ2v) is 6.88. The summed E-state index contributed by atoms with van der Waals surface area (Å²) >= 11 is 1.88. The van der Waals surface area contributed by atoms with E-state index in [9.17, 15) is 0 Å².